The standard InChI is InChI=1S/C24H17ClN2O5S/c1-2-13-5-3-4-6-19(13)27-22(29)17(21(28)26-24(27)33)12-15-8-10-20(32-15)16-11-14(23(30)31)7-9-18(16)25/h3-12H,2H2,1H3,(H,30,31)(H,26,28,33)/b17-12+. The average Bonchev–Trinajstić information content (AvgIpc) is 3.25. The van der Waals surface area contributed by atoms with Crippen molar-refractivity contribution in [2.45, 2.75) is 13.3 Å². The van der Waals surface area contributed by atoms with Crippen LogP contribution in [0.5, 0.6) is 0 Å². The number of carboxylic acid groups (broad SMARTS) is 1. The van der Waals surface area contributed by atoms with Crippen molar-refractivity contribution in [3.63, 3.8) is 0 Å². The fourth-order valence-corrected chi connectivity index (χ4v) is 3.95. The van der Waals surface area contributed by atoms with E-state index in [2.05, 4.69) is 5.32 Å². The number of benzene rings is 2. The Kier molecular flexibility index (Phi) is 6.13. The van der Waals surface area contributed by atoms with Crippen molar-refractivity contribution in [1.82, 2.24) is 5.32 Å². The smallest absolute Gasteiger partial charge is 0.335 e. The van der Waals surface area contributed by atoms with Crippen molar-refractivity contribution in [3.8, 4) is 11.3 Å². The number of aromatic carboxylic acids is 1. The number of anilines is 1. The lowest BCUT2D eigenvalue weighted by Gasteiger charge is -2.30. The van der Waals surface area contributed by atoms with E-state index in [0.717, 1.165) is 5.56 Å². The fourth-order valence-electron chi connectivity index (χ4n) is 3.47. The first-order valence-corrected chi connectivity index (χ1v) is 10.7. The predicted molar refractivity (Wildman–Crippen MR) is 128 cm³/mol. The van der Waals surface area contributed by atoms with Crippen LogP contribution in [-0.2, 0) is 16.0 Å². The van der Waals surface area contributed by atoms with E-state index in [1.165, 1.54) is 29.2 Å². The highest BCUT2D eigenvalue weighted by Crippen LogP contribution is 2.32. The minimum absolute atomic E-state index is 0.000418. The normalized spacial score (nSPS) is 15.2. The van der Waals surface area contributed by atoms with E-state index in [9.17, 15) is 19.5 Å². The number of nitrogens with one attached hydrogen (secondary N) is 1. The maximum atomic E-state index is 13.3. The maximum absolute atomic E-state index is 13.3. The van der Waals surface area contributed by atoms with Crippen molar-refractivity contribution in [1.29, 1.82) is 0 Å². The van der Waals surface area contributed by atoms with Gasteiger partial charge in [0.25, 0.3) is 11.8 Å². The molecule has 0 atom stereocenters. The highest BCUT2D eigenvalue weighted by Gasteiger charge is 2.35. The molecule has 2 amide bonds. The number of rotatable bonds is 5. The number of carboxylic acids is 1. The quantitative estimate of drug-likeness (QED) is 0.312. The van der Waals surface area contributed by atoms with Crippen molar-refractivity contribution >= 4 is 58.5 Å². The Balaban J connectivity index is 1.71. The van der Waals surface area contributed by atoms with Crippen molar-refractivity contribution in [2.75, 3.05) is 4.90 Å². The number of thiocarbonyl (C=S) groups is 1. The molecule has 4 rings (SSSR count). The summed E-state index contributed by atoms with van der Waals surface area (Å²) < 4.78 is 5.76. The van der Waals surface area contributed by atoms with Crippen LogP contribution in [0.1, 0.15) is 28.6 Å². The second-order valence-electron chi connectivity index (χ2n) is 7.14. The number of hydrogen-bond acceptors (Lipinski definition) is 5. The second-order valence-corrected chi connectivity index (χ2v) is 7.94. The van der Waals surface area contributed by atoms with Crippen molar-refractivity contribution in [3.05, 3.63) is 82.1 Å². The van der Waals surface area contributed by atoms with Gasteiger partial charge in [0.2, 0.25) is 0 Å². The molecule has 9 heteroatoms. The lowest BCUT2D eigenvalue weighted by atomic mass is 10.1. The Labute approximate surface area is 199 Å². The maximum Gasteiger partial charge on any atom is 0.335 e. The minimum atomic E-state index is -1.10. The van der Waals surface area contributed by atoms with Gasteiger partial charge in [-0.3, -0.25) is 19.8 Å². The van der Waals surface area contributed by atoms with Gasteiger partial charge in [0, 0.05) is 5.56 Å². The minimum Gasteiger partial charge on any atom is -0.478 e. The fraction of sp³-hybridized carbons (Fsp3) is 0.0833. The number of amides is 2. The summed E-state index contributed by atoms with van der Waals surface area (Å²) in [6, 6.07) is 14.7. The summed E-state index contributed by atoms with van der Waals surface area (Å²) in [6.45, 7) is 1.96. The first-order chi connectivity index (χ1) is 15.8. The van der Waals surface area contributed by atoms with Gasteiger partial charge in [0.15, 0.2) is 5.11 Å². The van der Waals surface area contributed by atoms with Crippen LogP contribution in [0.2, 0.25) is 5.02 Å². The average molecular weight is 481 g/mol. The Bertz CT molecular complexity index is 1340. The van der Waals surface area contributed by atoms with Gasteiger partial charge >= 0.3 is 5.97 Å². The summed E-state index contributed by atoms with van der Waals surface area (Å²) in [7, 11) is 0. The third kappa shape index (κ3) is 4.30. The van der Waals surface area contributed by atoms with Gasteiger partial charge in [-0.05, 0) is 66.7 Å². The van der Waals surface area contributed by atoms with E-state index >= 15 is 0 Å². The van der Waals surface area contributed by atoms with Crippen LogP contribution < -0.4 is 10.2 Å². The van der Waals surface area contributed by atoms with Crippen LogP contribution in [0.4, 0.5) is 5.69 Å². The molecule has 1 aliphatic heterocycles. The van der Waals surface area contributed by atoms with E-state index in [1.54, 1.807) is 24.3 Å². The summed E-state index contributed by atoms with van der Waals surface area (Å²) in [4.78, 5) is 38.4. The third-order valence-corrected chi connectivity index (χ3v) is 5.72. The van der Waals surface area contributed by atoms with Crippen LogP contribution in [0.25, 0.3) is 17.4 Å². The molecule has 1 aliphatic rings. The number of carbonyl (C=O) groups excluding carboxylic acids is 2. The van der Waals surface area contributed by atoms with Gasteiger partial charge in [0.05, 0.1) is 16.3 Å². The number of aryl methyl sites for hydroxylation is 1. The molecule has 1 fully saturated rings. The summed E-state index contributed by atoms with van der Waals surface area (Å²) in [5, 5.41) is 12.1. The summed E-state index contributed by atoms with van der Waals surface area (Å²) in [5.41, 5.74) is 1.77. The number of hydrogen-bond donors (Lipinski definition) is 2. The molecule has 166 valence electrons. The van der Waals surface area contributed by atoms with E-state index in [4.69, 9.17) is 28.2 Å². The zero-order chi connectivity index (χ0) is 23.7. The topological polar surface area (TPSA) is 99.8 Å². The van der Waals surface area contributed by atoms with Gasteiger partial charge in [-0.2, -0.15) is 0 Å². The number of nitrogens with zero attached hydrogens (tertiary/aromatic N) is 1. The van der Waals surface area contributed by atoms with E-state index in [1.807, 2.05) is 19.1 Å². The van der Waals surface area contributed by atoms with Crippen LogP contribution in [0.3, 0.4) is 0 Å². The molecule has 0 aliphatic carbocycles. The zero-order valence-electron chi connectivity index (χ0n) is 17.3. The van der Waals surface area contributed by atoms with E-state index in [0.29, 0.717) is 28.5 Å². The molecule has 2 heterocycles. The van der Waals surface area contributed by atoms with E-state index < -0.39 is 17.8 Å². The molecule has 0 saturated carbocycles. The summed E-state index contributed by atoms with van der Waals surface area (Å²) in [5.74, 6) is -1.80. The zero-order valence-corrected chi connectivity index (χ0v) is 18.9. The number of carbonyl (C=O) groups is 3. The highest BCUT2D eigenvalue weighted by atomic mass is 35.5. The molecule has 0 spiro atoms. The molecule has 0 radical (unpaired) electrons. The highest BCUT2D eigenvalue weighted by molar-refractivity contribution is 7.80. The SMILES string of the molecule is CCc1ccccc1N1C(=O)/C(=C/c2ccc(-c3cc(C(=O)O)ccc3Cl)o2)C(=O)NC1=S. The van der Waals surface area contributed by atoms with Crippen LogP contribution in [0.15, 0.2) is 64.6 Å². The molecular weight excluding hydrogens is 464 g/mol. The predicted octanol–water partition coefficient (Wildman–Crippen LogP) is 4.69. The van der Waals surface area contributed by atoms with Crippen LogP contribution >= 0.6 is 23.8 Å². The monoisotopic (exact) mass is 480 g/mol. The van der Waals surface area contributed by atoms with Gasteiger partial charge < -0.3 is 9.52 Å². The van der Waals surface area contributed by atoms with Gasteiger partial charge in [0.1, 0.15) is 17.1 Å². The number of para-hydroxylation sites is 1. The lowest BCUT2D eigenvalue weighted by Crippen LogP contribution is -2.54. The molecular formula is C24H17ClN2O5S. The molecule has 2 aromatic carbocycles. The second kappa shape index (κ2) is 9.01. The molecule has 33 heavy (non-hydrogen) atoms. The van der Waals surface area contributed by atoms with Crippen molar-refractivity contribution in [2.24, 2.45) is 0 Å². The van der Waals surface area contributed by atoms with Gasteiger partial charge in [-0.15, -0.1) is 0 Å². The van der Waals surface area contributed by atoms with Gasteiger partial charge in [-0.25, -0.2) is 4.79 Å². The molecule has 1 saturated heterocycles. The summed E-state index contributed by atoms with van der Waals surface area (Å²) >= 11 is 11.5. The Morgan fingerprint density at radius 2 is 1.94 bits per heavy atom. The van der Waals surface area contributed by atoms with Gasteiger partial charge in [-0.1, -0.05) is 36.7 Å². The van der Waals surface area contributed by atoms with Crippen molar-refractivity contribution < 1.29 is 23.9 Å². The molecule has 0 unspecified atom stereocenters. The molecule has 3 aromatic rings. The first kappa shape index (κ1) is 22.4. The largest absolute Gasteiger partial charge is 0.478 e. The first-order valence-electron chi connectivity index (χ1n) is 9.92. The Hall–Kier alpha value is -3.75. The lowest BCUT2D eigenvalue weighted by molar-refractivity contribution is -0.122. The molecule has 1 aromatic heterocycles. The molecule has 0 bridgehead atoms. The number of furan rings is 1. The number of halogens is 1. The van der Waals surface area contributed by atoms with Crippen LogP contribution in [-0.4, -0.2) is 28.0 Å². The summed E-state index contributed by atoms with van der Waals surface area (Å²) in [6.07, 6.45) is 1.99. The van der Waals surface area contributed by atoms with Crippen LogP contribution in [0, 0.1) is 0 Å². The Morgan fingerprint density at radius 3 is 2.67 bits per heavy atom. The molecule has 7 nitrogen and oxygen atoms in total. The molecule has 2 N–H and O–H groups in total. The van der Waals surface area contributed by atoms with E-state index in [-0.39, 0.29) is 22.0 Å². The third-order valence-electron chi connectivity index (χ3n) is 5.11. The Morgan fingerprint density at radius 1 is 1.18 bits per heavy atom.